The fourth-order valence-corrected chi connectivity index (χ4v) is 8.68. The quantitative estimate of drug-likeness (QED) is 0.150. The Morgan fingerprint density at radius 3 is 2.27 bits per heavy atom. The van der Waals surface area contributed by atoms with E-state index in [1.165, 1.54) is 31.5 Å². The van der Waals surface area contributed by atoms with Gasteiger partial charge in [-0.2, -0.15) is 13.2 Å². The number of phenolic OH excluding ortho intramolecular Hbond substituents is 1. The Labute approximate surface area is 305 Å². The number of carbonyl (C=O) groups excluding carboxylic acids is 1. The summed E-state index contributed by atoms with van der Waals surface area (Å²) >= 11 is 0. The molecule has 0 saturated carbocycles. The average Bonchev–Trinajstić information content (AvgIpc) is 3.80. The first-order chi connectivity index (χ1) is 25.2. The first-order valence-electron chi connectivity index (χ1n) is 19.3. The summed E-state index contributed by atoms with van der Waals surface area (Å²) in [5.41, 5.74) is 7.89. The highest BCUT2D eigenvalue weighted by molar-refractivity contribution is 6.30. The lowest BCUT2D eigenvalue weighted by Crippen LogP contribution is -2.45. The number of hydrogen-bond donors (Lipinski definition) is 1. The van der Waals surface area contributed by atoms with Crippen LogP contribution in [-0.2, 0) is 11.2 Å². The molecule has 0 atom stereocenters. The molecule has 1 N–H and O–H groups in total. The van der Waals surface area contributed by atoms with Gasteiger partial charge in [-0.3, -0.25) is 4.79 Å². The zero-order chi connectivity index (χ0) is 36.2. The van der Waals surface area contributed by atoms with Crippen molar-refractivity contribution in [3.8, 4) is 16.9 Å². The van der Waals surface area contributed by atoms with Gasteiger partial charge in [0.15, 0.2) is 0 Å². The predicted molar refractivity (Wildman–Crippen MR) is 204 cm³/mol. The van der Waals surface area contributed by atoms with Crippen LogP contribution in [0.25, 0.3) is 22.8 Å². The first kappa shape index (κ1) is 36.2. The van der Waals surface area contributed by atoms with Gasteiger partial charge in [0.1, 0.15) is 5.75 Å². The number of fused-ring (bicyclic) bond motifs is 3. The number of anilines is 1. The van der Waals surface area contributed by atoms with Gasteiger partial charge in [-0.1, -0.05) is 74.6 Å². The van der Waals surface area contributed by atoms with Crippen LogP contribution in [0.1, 0.15) is 101 Å². The van der Waals surface area contributed by atoms with Crippen LogP contribution in [0.5, 0.6) is 5.75 Å². The Kier molecular flexibility index (Phi) is 11.0. The molecule has 3 aromatic carbocycles. The third kappa shape index (κ3) is 8.07. The fraction of sp³-hybridized carbons (Fsp3) is 0.455. The van der Waals surface area contributed by atoms with E-state index >= 15 is 0 Å². The van der Waals surface area contributed by atoms with Crippen LogP contribution >= 0.6 is 0 Å². The number of aliphatic imine (C=N–C) groups is 1. The minimum Gasteiger partial charge on any atom is -0.505 e. The molecule has 0 aromatic heterocycles. The van der Waals surface area contributed by atoms with E-state index in [2.05, 4.69) is 51.2 Å². The average molecular weight is 710 g/mol. The molecule has 0 unspecified atom stereocenters. The largest absolute Gasteiger partial charge is 0.505 e. The number of piperidine rings is 1. The van der Waals surface area contributed by atoms with Crippen LogP contribution in [0, 0.1) is 0 Å². The number of amides is 1. The molecule has 0 bridgehead atoms. The van der Waals surface area contributed by atoms with E-state index in [4.69, 9.17) is 0 Å². The molecule has 1 aliphatic carbocycles. The number of nitrogens with zero attached hydrogens (tertiary/aromatic N) is 3. The van der Waals surface area contributed by atoms with Gasteiger partial charge < -0.3 is 14.9 Å². The van der Waals surface area contributed by atoms with E-state index in [-0.39, 0.29) is 18.1 Å². The summed E-state index contributed by atoms with van der Waals surface area (Å²) in [6.45, 7) is 5.96. The van der Waals surface area contributed by atoms with Crippen molar-refractivity contribution in [1.82, 2.24) is 4.90 Å². The minimum absolute atomic E-state index is 0.220. The molecular weight excluding hydrogens is 659 g/mol. The topological polar surface area (TPSA) is 56.1 Å². The zero-order valence-electron chi connectivity index (χ0n) is 30.3. The molecule has 8 heteroatoms. The van der Waals surface area contributed by atoms with E-state index in [1.54, 1.807) is 0 Å². The number of hydrogen-bond acceptors (Lipinski definition) is 4. The number of halogens is 3. The van der Waals surface area contributed by atoms with E-state index in [0.29, 0.717) is 23.7 Å². The van der Waals surface area contributed by atoms with Gasteiger partial charge in [-0.25, -0.2) is 4.99 Å². The Morgan fingerprint density at radius 2 is 1.54 bits per heavy atom. The Balaban J connectivity index is 1.10. The summed E-state index contributed by atoms with van der Waals surface area (Å²) in [5.74, 6) is -0.0567. The Bertz CT molecular complexity index is 1980. The molecule has 7 rings (SSSR count). The van der Waals surface area contributed by atoms with Crippen LogP contribution in [-0.4, -0.2) is 60.0 Å². The third-order valence-electron chi connectivity index (χ3n) is 11.4. The molecule has 3 aromatic rings. The minimum atomic E-state index is -4.05. The molecule has 274 valence electrons. The fourth-order valence-electron chi connectivity index (χ4n) is 8.68. The van der Waals surface area contributed by atoms with Gasteiger partial charge in [0, 0.05) is 41.6 Å². The second-order valence-electron chi connectivity index (χ2n) is 15.1. The lowest BCUT2D eigenvalue weighted by Gasteiger charge is -2.38. The maximum Gasteiger partial charge on any atom is 0.389 e. The molecule has 2 saturated heterocycles. The maximum absolute atomic E-state index is 14.1. The summed E-state index contributed by atoms with van der Waals surface area (Å²) < 4.78 is 37.0. The molecule has 1 amide bonds. The molecule has 52 heavy (non-hydrogen) atoms. The van der Waals surface area contributed by atoms with E-state index in [9.17, 15) is 23.1 Å². The lowest BCUT2D eigenvalue weighted by atomic mass is 9.92. The van der Waals surface area contributed by atoms with Crippen molar-refractivity contribution >= 4 is 29.0 Å². The number of aromatic hydroxyl groups is 1. The van der Waals surface area contributed by atoms with Crippen LogP contribution in [0.15, 0.2) is 71.2 Å². The van der Waals surface area contributed by atoms with Crippen molar-refractivity contribution in [3.63, 3.8) is 0 Å². The predicted octanol–water partition coefficient (Wildman–Crippen LogP) is 8.62. The lowest BCUT2D eigenvalue weighted by molar-refractivity contribution is -0.135. The first-order valence-corrected chi connectivity index (χ1v) is 19.3. The van der Waals surface area contributed by atoms with Crippen molar-refractivity contribution in [2.45, 2.75) is 103 Å². The molecule has 5 nitrogen and oxygen atoms in total. The van der Waals surface area contributed by atoms with Gasteiger partial charge in [0.05, 0.1) is 17.0 Å². The third-order valence-corrected chi connectivity index (χ3v) is 11.4. The summed E-state index contributed by atoms with van der Waals surface area (Å²) in [6.07, 6.45) is 10.6. The second kappa shape index (κ2) is 15.8. The molecule has 0 spiro atoms. The molecule has 0 radical (unpaired) electrons. The number of benzene rings is 3. The summed E-state index contributed by atoms with van der Waals surface area (Å²) in [4.78, 5) is 23.7. The highest BCUT2D eigenvalue weighted by atomic mass is 19.4. The Hall–Kier alpha value is -4.17. The molecule has 2 fully saturated rings. The number of dihydropyridines is 1. The summed E-state index contributed by atoms with van der Waals surface area (Å²) in [6, 6.07) is 19.0. The van der Waals surface area contributed by atoms with Gasteiger partial charge >= 0.3 is 6.18 Å². The van der Waals surface area contributed by atoms with Crippen molar-refractivity contribution < 1.29 is 23.1 Å². The smallest absolute Gasteiger partial charge is 0.389 e. The normalized spacial score (nSPS) is 19.0. The van der Waals surface area contributed by atoms with Crippen LogP contribution in [0.2, 0.25) is 0 Å². The van der Waals surface area contributed by atoms with Gasteiger partial charge in [0.25, 0.3) is 5.91 Å². The Morgan fingerprint density at radius 1 is 0.827 bits per heavy atom. The van der Waals surface area contributed by atoms with Crippen LogP contribution < -0.4 is 15.3 Å². The van der Waals surface area contributed by atoms with Crippen LogP contribution in [0.4, 0.5) is 18.9 Å². The summed E-state index contributed by atoms with van der Waals surface area (Å²) in [5, 5.41) is 13.6. The maximum atomic E-state index is 14.1. The van der Waals surface area contributed by atoms with E-state index in [1.807, 2.05) is 37.3 Å². The van der Waals surface area contributed by atoms with E-state index < -0.39 is 12.6 Å². The standard InChI is InChI=1S/C44H50F3N3O2/c1-30-26-39(33-17-13-15-31(27-33)14-7-5-3-2-4-6-10-21-44(45,46)47)48-43(52)40(30)38-29-36-35-18-9-8-16-32(35)28-37(36)42(51)41(38)50-24-19-34(20-25-50)49-22-11-12-23-49/h8-9,13,15-18,26-29,34,51H,2-7,10-12,14,19-25H2,1H3. The van der Waals surface area contributed by atoms with E-state index in [0.717, 1.165) is 108 Å². The van der Waals surface area contributed by atoms with Crippen molar-refractivity contribution in [3.05, 3.63) is 93.4 Å². The number of carbonyl (C=O) groups is 1. The van der Waals surface area contributed by atoms with Crippen molar-refractivity contribution in [1.29, 1.82) is 0 Å². The molecule has 3 aliphatic heterocycles. The number of aryl methyl sites for hydroxylation is 1. The monoisotopic (exact) mass is 709 g/mol. The number of likely N-dealkylation sites (tertiary alicyclic amines) is 1. The molecular formula is C44H50F3N3O2. The number of allylic oxidation sites excluding steroid dienone is 1. The van der Waals surface area contributed by atoms with Crippen LogP contribution in [0.3, 0.4) is 0 Å². The number of unbranched alkanes of at least 4 members (excludes halogenated alkanes) is 6. The summed E-state index contributed by atoms with van der Waals surface area (Å²) in [7, 11) is 0. The number of phenols is 1. The highest BCUT2D eigenvalue weighted by Gasteiger charge is 2.31. The van der Waals surface area contributed by atoms with Crippen molar-refractivity contribution in [2.75, 3.05) is 31.1 Å². The second-order valence-corrected chi connectivity index (χ2v) is 15.1. The highest BCUT2D eigenvalue weighted by Crippen LogP contribution is 2.35. The molecule has 4 aliphatic rings. The molecule has 3 heterocycles. The van der Waals surface area contributed by atoms with Crippen molar-refractivity contribution in [2.24, 2.45) is 4.99 Å². The van der Waals surface area contributed by atoms with Gasteiger partial charge in [-0.15, -0.1) is 0 Å². The number of alkyl halides is 3. The zero-order valence-corrected chi connectivity index (χ0v) is 30.3. The van der Waals surface area contributed by atoms with Gasteiger partial charge in [-0.05, 0) is 117 Å². The van der Waals surface area contributed by atoms with Gasteiger partial charge in [0.2, 0.25) is 0 Å². The SMILES string of the molecule is CC1=CC(c2cccc(CCCCCCCCCC(F)(F)F)c2)=NC(=O)C1=c1cc2c(c(O)c1N1CCC(N3CCCC3)CC1)=Cc1ccccc1-2. The number of rotatable bonds is 12.